The van der Waals surface area contributed by atoms with E-state index in [1.807, 2.05) is 30.3 Å². The standard InChI is InChI=1S/C25H29FN4O3/c1-25(16-31)15-27-22-13-17(12-21(26)23(22)33-25)14-29-8-10-30(11-9-29)20-6-2-18(3-7-20)24(32)28-19-4-5-19/h2-3,6-7,12-13,16,19,27H,4-5,8-11,14-15H2,1H3,(H,28,32). The third kappa shape index (κ3) is 4.80. The summed E-state index contributed by atoms with van der Waals surface area (Å²) in [7, 11) is 0. The molecule has 3 aliphatic rings. The number of benzene rings is 2. The van der Waals surface area contributed by atoms with Crippen LogP contribution >= 0.6 is 0 Å². The van der Waals surface area contributed by atoms with Gasteiger partial charge in [0.05, 0.1) is 12.2 Å². The van der Waals surface area contributed by atoms with Crippen LogP contribution in [0.3, 0.4) is 0 Å². The van der Waals surface area contributed by atoms with Crippen molar-refractivity contribution < 1.29 is 18.7 Å². The van der Waals surface area contributed by atoms with Gasteiger partial charge in [-0.15, -0.1) is 0 Å². The van der Waals surface area contributed by atoms with Crippen molar-refractivity contribution in [2.45, 2.75) is 38.0 Å². The summed E-state index contributed by atoms with van der Waals surface area (Å²) in [5, 5.41) is 6.14. The van der Waals surface area contributed by atoms with Crippen LogP contribution in [0.4, 0.5) is 15.8 Å². The molecule has 1 saturated carbocycles. The van der Waals surface area contributed by atoms with E-state index >= 15 is 0 Å². The molecule has 0 bridgehead atoms. The van der Waals surface area contributed by atoms with Gasteiger partial charge in [0.2, 0.25) is 0 Å². The molecule has 2 N–H and O–H groups in total. The minimum atomic E-state index is -1.05. The number of hydrogen-bond donors (Lipinski definition) is 2. The lowest BCUT2D eigenvalue weighted by atomic mass is 10.0. The fourth-order valence-corrected chi connectivity index (χ4v) is 4.32. The second kappa shape index (κ2) is 8.67. The highest BCUT2D eigenvalue weighted by Gasteiger charge is 2.33. The molecular weight excluding hydrogens is 423 g/mol. The van der Waals surface area contributed by atoms with Crippen LogP contribution in [-0.4, -0.2) is 61.5 Å². The highest BCUT2D eigenvalue weighted by Crippen LogP contribution is 2.36. The second-order valence-corrected chi connectivity index (χ2v) is 9.40. The first kappa shape index (κ1) is 21.7. The van der Waals surface area contributed by atoms with E-state index in [1.54, 1.807) is 6.92 Å². The van der Waals surface area contributed by atoms with Crippen molar-refractivity contribution in [1.29, 1.82) is 0 Å². The van der Waals surface area contributed by atoms with Gasteiger partial charge in [-0.2, -0.15) is 0 Å². The van der Waals surface area contributed by atoms with E-state index in [4.69, 9.17) is 4.74 Å². The number of rotatable bonds is 6. The molecule has 7 nitrogen and oxygen atoms in total. The first-order chi connectivity index (χ1) is 15.9. The SMILES string of the molecule is CC1(C=O)CNc2cc(CN3CCN(c4ccc(C(=O)NC5CC5)cc4)CC3)cc(F)c2O1. The van der Waals surface area contributed by atoms with Gasteiger partial charge in [0.25, 0.3) is 5.91 Å². The molecule has 1 amide bonds. The molecule has 8 heteroatoms. The zero-order valence-electron chi connectivity index (χ0n) is 18.8. The molecule has 1 atom stereocenters. The van der Waals surface area contributed by atoms with E-state index in [-0.39, 0.29) is 11.7 Å². The van der Waals surface area contributed by atoms with Gasteiger partial charge in [-0.3, -0.25) is 14.5 Å². The van der Waals surface area contributed by atoms with E-state index in [0.717, 1.165) is 50.3 Å². The lowest BCUT2D eigenvalue weighted by Gasteiger charge is -2.36. The number of carbonyl (C=O) groups is 2. The van der Waals surface area contributed by atoms with Crippen molar-refractivity contribution in [3.63, 3.8) is 0 Å². The summed E-state index contributed by atoms with van der Waals surface area (Å²) in [5.41, 5.74) is 2.22. The molecule has 1 unspecified atom stereocenters. The molecular formula is C25H29FN4O3. The average Bonchev–Trinajstić information content (AvgIpc) is 3.64. The van der Waals surface area contributed by atoms with Gasteiger partial charge in [0.15, 0.2) is 23.5 Å². The van der Waals surface area contributed by atoms with Crippen LogP contribution < -0.4 is 20.3 Å². The van der Waals surface area contributed by atoms with Crippen LogP contribution in [0, 0.1) is 5.82 Å². The molecule has 1 aliphatic carbocycles. The van der Waals surface area contributed by atoms with Crippen LogP contribution in [0.25, 0.3) is 0 Å². The van der Waals surface area contributed by atoms with Crippen molar-refractivity contribution in [2.75, 3.05) is 42.9 Å². The molecule has 0 spiro atoms. The number of aldehydes is 1. The summed E-state index contributed by atoms with van der Waals surface area (Å²) in [6.45, 7) is 6.03. The molecule has 2 heterocycles. The number of nitrogens with zero attached hydrogens (tertiary/aromatic N) is 2. The molecule has 2 aromatic carbocycles. The normalized spacial score (nSPS) is 22.7. The Balaban J connectivity index is 1.17. The quantitative estimate of drug-likeness (QED) is 0.657. The maximum atomic E-state index is 14.7. The van der Waals surface area contributed by atoms with E-state index in [9.17, 15) is 14.0 Å². The zero-order valence-corrected chi connectivity index (χ0v) is 18.8. The van der Waals surface area contributed by atoms with Gasteiger partial charge in [-0.05, 0) is 61.7 Å². The smallest absolute Gasteiger partial charge is 0.251 e. The molecule has 0 radical (unpaired) electrons. The molecule has 1 saturated heterocycles. The van der Waals surface area contributed by atoms with Gasteiger partial charge in [-0.25, -0.2) is 4.39 Å². The Kier molecular flexibility index (Phi) is 5.70. The summed E-state index contributed by atoms with van der Waals surface area (Å²) in [6.07, 6.45) is 2.86. The Bertz CT molecular complexity index is 1050. The molecule has 2 fully saturated rings. The predicted octanol–water partition coefficient (Wildman–Crippen LogP) is 2.80. The third-order valence-corrected chi connectivity index (χ3v) is 6.50. The number of nitrogens with one attached hydrogen (secondary N) is 2. The van der Waals surface area contributed by atoms with Crippen LogP contribution in [-0.2, 0) is 11.3 Å². The molecule has 174 valence electrons. The van der Waals surface area contributed by atoms with Crippen molar-refractivity contribution in [1.82, 2.24) is 10.2 Å². The number of carbonyl (C=O) groups excluding carboxylic acids is 2. The Morgan fingerprint density at radius 1 is 1.21 bits per heavy atom. The molecule has 5 rings (SSSR count). The van der Waals surface area contributed by atoms with E-state index in [2.05, 4.69) is 20.4 Å². The predicted molar refractivity (Wildman–Crippen MR) is 124 cm³/mol. The van der Waals surface area contributed by atoms with E-state index in [0.29, 0.717) is 36.7 Å². The van der Waals surface area contributed by atoms with Crippen molar-refractivity contribution in [3.05, 3.63) is 53.3 Å². The minimum Gasteiger partial charge on any atom is -0.473 e. The van der Waals surface area contributed by atoms with Crippen molar-refractivity contribution in [3.8, 4) is 5.75 Å². The van der Waals surface area contributed by atoms with Gasteiger partial charge >= 0.3 is 0 Å². The maximum Gasteiger partial charge on any atom is 0.251 e. The monoisotopic (exact) mass is 452 g/mol. The molecule has 2 aromatic rings. The largest absolute Gasteiger partial charge is 0.473 e. The first-order valence-corrected chi connectivity index (χ1v) is 11.5. The van der Waals surface area contributed by atoms with E-state index in [1.165, 1.54) is 6.07 Å². The molecule has 0 aromatic heterocycles. The lowest BCUT2D eigenvalue weighted by Crippen LogP contribution is -2.46. The summed E-state index contributed by atoms with van der Waals surface area (Å²) < 4.78 is 20.3. The second-order valence-electron chi connectivity index (χ2n) is 9.40. The third-order valence-electron chi connectivity index (χ3n) is 6.50. The fourth-order valence-electron chi connectivity index (χ4n) is 4.32. The number of halogens is 1. The first-order valence-electron chi connectivity index (χ1n) is 11.5. The Morgan fingerprint density at radius 2 is 1.94 bits per heavy atom. The van der Waals surface area contributed by atoms with Gasteiger partial charge < -0.3 is 20.3 Å². The highest BCUT2D eigenvalue weighted by molar-refractivity contribution is 5.94. The van der Waals surface area contributed by atoms with Crippen molar-refractivity contribution >= 4 is 23.6 Å². The van der Waals surface area contributed by atoms with Crippen LogP contribution in [0.1, 0.15) is 35.7 Å². The van der Waals surface area contributed by atoms with Crippen molar-refractivity contribution in [2.24, 2.45) is 0 Å². The average molecular weight is 453 g/mol. The lowest BCUT2D eigenvalue weighted by molar-refractivity contribution is -0.119. The molecule has 33 heavy (non-hydrogen) atoms. The van der Waals surface area contributed by atoms with Gasteiger partial charge in [0.1, 0.15) is 0 Å². The van der Waals surface area contributed by atoms with Gasteiger partial charge in [-0.1, -0.05) is 0 Å². The highest BCUT2D eigenvalue weighted by atomic mass is 19.1. The Hall–Kier alpha value is -3.13. The summed E-state index contributed by atoms with van der Waals surface area (Å²) in [5.74, 6) is -0.340. The number of amides is 1. The topological polar surface area (TPSA) is 73.9 Å². The fraction of sp³-hybridized carbons (Fsp3) is 0.440. The number of anilines is 2. The maximum absolute atomic E-state index is 14.7. The van der Waals surface area contributed by atoms with Crippen LogP contribution in [0.2, 0.25) is 0 Å². The summed E-state index contributed by atoms with van der Waals surface area (Å²) in [6, 6.07) is 11.5. The number of ether oxygens (including phenoxy) is 1. The molecule has 2 aliphatic heterocycles. The minimum absolute atomic E-state index is 0.00169. The summed E-state index contributed by atoms with van der Waals surface area (Å²) >= 11 is 0. The van der Waals surface area contributed by atoms with Crippen LogP contribution in [0.15, 0.2) is 36.4 Å². The Morgan fingerprint density at radius 3 is 2.61 bits per heavy atom. The van der Waals surface area contributed by atoms with Gasteiger partial charge in [0, 0.05) is 50.0 Å². The Labute approximate surface area is 192 Å². The van der Waals surface area contributed by atoms with Crippen LogP contribution in [0.5, 0.6) is 5.75 Å². The number of hydrogen-bond acceptors (Lipinski definition) is 6. The number of fused-ring (bicyclic) bond motifs is 1. The summed E-state index contributed by atoms with van der Waals surface area (Å²) in [4.78, 5) is 28.0. The van der Waals surface area contributed by atoms with E-state index < -0.39 is 11.4 Å². The zero-order chi connectivity index (χ0) is 23.0. The number of piperazine rings is 1.